The topological polar surface area (TPSA) is 64.0 Å². The number of hydrogen-bond donors (Lipinski definition) is 1. The van der Waals surface area contributed by atoms with Gasteiger partial charge in [-0.3, -0.25) is 14.6 Å². The van der Waals surface area contributed by atoms with E-state index in [1.807, 2.05) is 29.7 Å². The summed E-state index contributed by atoms with van der Waals surface area (Å²) in [6, 6.07) is 19.2. The highest BCUT2D eigenvalue weighted by molar-refractivity contribution is 6.34. The van der Waals surface area contributed by atoms with Gasteiger partial charge in [-0.2, -0.15) is 0 Å². The number of amides is 1. The maximum atomic E-state index is 13.4. The van der Waals surface area contributed by atoms with Crippen LogP contribution in [0.4, 0.5) is 5.69 Å². The fraction of sp³-hybridized carbons (Fsp3) is 0.0800. The zero-order chi connectivity index (χ0) is 22.7. The van der Waals surface area contributed by atoms with E-state index >= 15 is 0 Å². The highest BCUT2D eigenvalue weighted by Crippen LogP contribution is 2.28. The van der Waals surface area contributed by atoms with Crippen molar-refractivity contribution < 1.29 is 4.79 Å². The van der Waals surface area contributed by atoms with E-state index in [9.17, 15) is 9.59 Å². The summed E-state index contributed by atoms with van der Waals surface area (Å²) in [5.41, 5.74) is 2.91. The SMILES string of the molecule is Cc1cc(=O)c(C(=O)Nc2ccccc2Cl)c(-c2cccc(Cl)c2)n1Cc1ccncc1. The maximum absolute atomic E-state index is 13.4. The number of carbonyl (C=O) groups is 1. The summed E-state index contributed by atoms with van der Waals surface area (Å²) in [4.78, 5) is 30.5. The van der Waals surface area contributed by atoms with E-state index in [1.54, 1.807) is 54.9 Å². The molecule has 5 nitrogen and oxygen atoms in total. The number of hydrogen-bond acceptors (Lipinski definition) is 3. The fourth-order valence-electron chi connectivity index (χ4n) is 3.55. The van der Waals surface area contributed by atoms with E-state index < -0.39 is 5.91 Å². The van der Waals surface area contributed by atoms with Crippen LogP contribution >= 0.6 is 23.2 Å². The first-order chi connectivity index (χ1) is 15.4. The zero-order valence-corrected chi connectivity index (χ0v) is 18.7. The van der Waals surface area contributed by atoms with Crippen molar-refractivity contribution in [3.05, 3.63) is 116 Å². The van der Waals surface area contributed by atoms with Crippen molar-refractivity contribution in [2.24, 2.45) is 0 Å². The molecule has 0 aliphatic rings. The molecule has 4 aromatic rings. The number of benzene rings is 2. The van der Waals surface area contributed by atoms with Gasteiger partial charge in [0.15, 0.2) is 5.43 Å². The molecule has 0 radical (unpaired) electrons. The first-order valence-electron chi connectivity index (χ1n) is 9.89. The van der Waals surface area contributed by atoms with Crippen LogP contribution in [0.15, 0.2) is 83.9 Å². The Bertz CT molecular complexity index is 1350. The van der Waals surface area contributed by atoms with Crippen molar-refractivity contribution in [2.45, 2.75) is 13.5 Å². The van der Waals surface area contributed by atoms with E-state index in [4.69, 9.17) is 23.2 Å². The number of halogens is 2. The molecule has 0 spiro atoms. The monoisotopic (exact) mass is 463 g/mol. The number of rotatable bonds is 5. The summed E-state index contributed by atoms with van der Waals surface area (Å²) in [7, 11) is 0. The fourth-order valence-corrected chi connectivity index (χ4v) is 3.92. The Morgan fingerprint density at radius 1 is 1.00 bits per heavy atom. The van der Waals surface area contributed by atoms with E-state index in [2.05, 4.69) is 10.3 Å². The smallest absolute Gasteiger partial charge is 0.261 e. The maximum Gasteiger partial charge on any atom is 0.261 e. The molecule has 4 rings (SSSR count). The average Bonchev–Trinajstić information content (AvgIpc) is 2.77. The third-order valence-corrected chi connectivity index (χ3v) is 5.62. The summed E-state index contributed by atoms with van der Waals surface area (Å²) in [6.45, 7) is 2.29. The van der Waals surface area contributed by atoms with Crippen molar-refractivity contribution in [3.63, 3.8) is 0 Å². The highest BCUT2D eigenvalue weighted by atomic mass is 35.5. The number of pyridine rings is 2. The molecule has 0 bridgehead atoms. The van der Waals surface area contributed by atoms with Crippen molar-refractivity contribution >= 4 is 34.8 Å². The number of anilines is 1. The molecule has 0 saturated carbocycles. The van der Waals surface area contributed by atoms with Gasteiger partial charge in [0.2, 0.25) is 0 Å². The molecule has 7 heteroatoms. The minimum Gasteiger partial charge on any atom is -0.340 e. The van der Waals surface area contributed by atoms with Crippen LogP contribution in [0.1, 0.15) is 21.6 Å². The van der Waals surface area contributed by atoms with Crippen LogP contribution in [-0.2, 0) is 6.54 Å². The van der Waals surface area contributed by atoms with Gasteiger partial charge in [0, 0.05) is 41.3 Å². The van der Waals surface area contributed by atoms with Gasteiger partial charge in [0.1, 0.15) is 5.56 Å². The number of nitrogens with zero attached hydrogens (tertiary/aromatic N) is 2. The molecule has 2 aromatic heterocycles. The van der Waals surface area contributed by atoms with Crippen LogP contribution in [0, 0.1) is 6.92 Å². The Hall–Kier alpha value is -3.41. The zero-order valence-electron chi connectivity index (χ0n) is 17.2. The van der Waals surface area contributed by atoms with Crippen molar-refractivity contribution in [1.82, 2.24) is 9.55 Å². The number of aryl methyl sites for hydroxylation is 1. The standard InChI is InChI=1S/C25H19Cl2N3O2/c1-16-13-22(31)23(25(32)29-21-8-3-2-7-20(21)27)24(18-5-4-6-19(26)14-18)30(16)15-17-9-11-28-12-10-17/h2-14H,15H2,1H3,(H,29,32). The van der Waals surface area contributed by atoms with Gasteiger partial charge in [-0.15, -0.1) is 0 Å². The molecule has 1 N–H and O–H groups in total. The van der Waals surface area contributed by atoms with E-state index in [0.717, 1.165) is 11.3 Å². The predicted octanol–water partition coefficient (Wildman–Crippen LogP) is 5.83. The lowest BCUT2D eigenvalue weighted by molar-refractivity contribution is 0.102. The molecule has 0 saturated heterocycles. The van der Waals surface area contributed by atoms with Gasteiger partial charge in [0.05, 0.1) is 16.4 Å². The van der Waals surface area contributed by atoms with Crippen LogP contribution in [0.2, 0.25) is 10.0 Å². The lowest BCUT2D eigenvalue weighted by atomic mass is 10.0. The molecule has 1 amide bonds. The Morgan fingerprint density at radius 3 is 2.47 bits per heavy atom. The lowest BCUT2D eigenvalue weighted by Gasteiger charge is -2.21. The Morgan fingerprint density at radius 2 is 1.75 bits per heavy atom. The van der Waals surface area contributed by atoms with Crippen LogP contribution in [0.25, 0.3) is 11.3 Å². The van der Waals surface area contributed by atoms with E-state index in [-0.39, 0.29) is 11.0 Å². The first-order valence-corrected chi connectivity index (χ1v) is 10.6. The second kappa shape index (κ2) is 9.39. The van der Waals surface area contributed by atoms with E-state index in [0.29, 0.717) is 33.5 Å². The minimum absolute atomic E-state index is 0.0202. The number of nitrogens with one attached hydrogen (secondary N) is 1. The van der Waals surface area contributed by atoms with Crippen molar-refractivity contribution in [2.75, 3.05) is 5.32 Å². The second-order valence-electron chi connectivity index (χ2n) is 7.26. The Kier molecular flexibility index (Phi) is 6.40. The van der Waals surface area contributed by atoms with Gasteiger partial charge in [-0.1, -0.05) is 47.5 Å². The van der Waals surface area contributed by atoms with Crippen LogP contribution in [0.3, 0.4) is 0 Å². The number of aromatic nitrogens is 2. The average molecular weight is 464 g/mol. The second-order valence-corrected chi connectivity index (χ2v) is 8.10. The van der Waals surface area contributed by atoms with Crippen molar-refractivity contribution in [3.8, 4) is 11.3 Å². The Balaban J connectivity index is 1.92. The molecule has 160 valence electrons. The molecular formula is C25H19Cl2N3O2. The summed E-state index contributed by atoms with van der Waals surface area (Å²) in [5, 5.41) is 3.66. The first kappa shape index (κ1) is 21.8. The normalized spacial score (nSPS) is 10.7. The van der Waals surface area contributed by atoms with Gasteiger partial charge < -0.3 is 9.88 Å². The number of carbonyl (C=O) groups excluding carboxylic acids is 1. The summed E-state index contributed by atoms with van der Waals surface area (Å²) in [6.07, 6.45) is 3.41. The van der Waals surface area contributed by atoms with Crippen LogP contribution in [0.5, 0.6) is 0 Å². The Labute approximate surface area is 195 Å². The predicted molar refractivity (Wildman–Crippen MR) is 129 cm³/mol. The summed E-state index contributed by atoms with van der Waals surface area (Å²) < 4.78 is 1.93. The quantitative estimate of drug-likeness (QED) is 0.405. The molecular weight excluding hydrogens is 445 g/mol. The molecule has 2 heterocycles. The van der Waals surface area contributed by atoms with Crippen LogP contribution < -0.4 is 10.7 Å². The van der Waals surface area contributed by atoms with Gasteiger partial charge in [-0.25, -0.2) is 0 Å². The minimum atomic E-state index is -0.540. The van der Waals surface area contributed by atoms with Gasteiger partial charge >= 0.3 is 0 Å². The molecule has 0 aliphatic carbocycles. The number of para-hydroxylation sites is 1. The molecule has 0 aliphatic heterocycles. The highest BCUT2D eigenvalue weighted by Gasteiger charge is 2.22. The van der Waals surface area contributed by atoms with Crippen LogP contribution in [-0.4, -0.2) is 15.5 Å². The van der Waals surface area contributed by atoms with Crippen molar-refractivity contribution in [1.29, 1.82) is 0 Å². The summed E-state index contributed by atoms with van der Waals surface area (Å²) >= 11 is 12.5. The van der Waals surface area contributed by atoms with Gasteiger partial charge in [0.25, 0.3) is 5.91 Å². The van der Waals surface area contributed by atoms with Gasteiger partial charge in [-0.05, 0) is 48.9 Å². The molecule has 0 atom stereocenters. The summed E-state index contributed by atoms with van der Waals surface area (Å²) in [5.74, 6) is -0.540. The molecule has 0 unspecified atom stereocenters. The lowest BCUT2D eigenvalue weighted by Crippen LogP contribution is -2.27. The molecule has 0 fully saturated rings. The third-order valence-electron chi connectivity index (χ3n) is 5.06. The molecule has 2 aromatic carbocycles. The van der Waals surface area contributed by atoms with E-state index in [1.165, 1.54) is 6.07 Å². The third kappa shape index (κ3) is 4.59. The molecule has 32 heavy (non-hydrogen) atoms. The largest absolute Gasteiger partial charge is 0.340 e.